The fraction of sp³-hybridized carbons (Fsp3) is 0.421. The maximum Gasteiger partial charge on any atom is 0.530 e. The minimum Gasteiger partial charge on any atom is -0.403 e. The smallest absolute Gasteiger partial charge is 0.403 e. The first-order valence-electron chi connectivity index (χ1n) is 9.69. The van der Waals surface area contributed by atoms with Crippen LogP contribution in [0.5, 0.6) is 5.75 Å². The van der Waals surface area contributed by atoms with E-state index in [1.165, 1.54) is 6.33 Å². The predicted molar refractivity (Wildman–Crippen MR) is 108 cm³/mol. The van der Waals surface area contributed by atoms with Crippen molar-refractivity contribution in [1.29, 1.82) is 0 Å². The number of nitrogens with zero attached hydrogens (tertiary/aromatic N) is 4. The highest BCUT2D eigenvalue weighted by molar-refractivity contribution is 7.49. The molecule has 0 amide bonds. The third-order valence-corrected chi connectivity index (χ3v) is 6.59. The van der Waals surface area contributed by atoms with Gasteiger partial charge in [-0.3, -0.25) is 13.6 Å². The van der Waals surface area contributed by atoms with Crippen LogP contribution < -0.4 is 10.3 Å². The van der Waals surface area contributed by atoms with Crippen LogP contribution in [0.3, 0.4) is 0 Å². The Morgan fingerprint density at radius 3 is 3.00 bits per heavy atom. The summed E-state index contributed by atoms with van der Waals surface area (Å²) in [6.07, 6.45) is 3.97. The predicted octanol–water partition coefficient (Wildman–Crippen LogP) is 3.44. The summed E-state index contributed by atoms with van der Waals surface area (Å²) < 4.78 is 37.5. The van der Waals surface area contributed by atoms with Crippen molar-refractivity contribution in [3.8, 4) is 5.75 Å². The first-order valence-corrected chi connectivity index (χ1v) is 11.2. The van der Waals surface area contributed by atoms with Crippen molar-refractivity contribution in [1.82, 2.24) is 19.5 Å². The van der Waals surface area contributed by atoms with Gasteiger partial charge in [0.25, 0.3) is 0 Å². The van der Waals surface area contributed by atoms with Crippen molar-refractivity contribution >= 4 is 24.8 Å². The Hall–Kier alpha value is -2.52. The molecule has 5 rings (SSSR count). The number of phosphoric ester groups is 1. The highest BCUT2D eigenvalue weighted by Crippen LogP contribution is 2.55. The number of nitrogen functional groups attached to an aromatic ring is 1. The van der Waals surface area contributed by atoms with Gasteiger partial charge < -0.3 is 15.0 Å². The number of imidazole rings is 1. The van der Waals surface area contributed by atoms with E-state index in [9.17, 15) is 4.57 Å². The average molecular weight is 431 g/mol. The van der Waals surface area contributed by atoms with Crippen molar-refractivity contribution in [2.24, 2.45) is 0 Å². The minimum absolute atomic E-state index is 0.0950. The van der Waals surface area contributed by atoms with Gasteiger partial charge >= 0.3 is 7.82 Å². The van der Waals surface area contributed by atoms with E-state index in [2.05, 4.69) is 15.0 Å². The van der Waals surface area contributed by atoms with Crippen molar-refractivity contribution in [2.45, 2.75) is 45.6 Å². The SMILES string of the molecule is Cc1cc(C)c2c(c1)COP(=O)(OC[C@@H]1CC[C@H](n3cnc4c(N)ncnc43)O1)O2. The van der Waals surface area contributed by atoms with Crippen LogP contribution in [0.1, 0.15) is 35.8 Å². The Labute approximate surface area is 172 Å². The second kappa shape index (κ2) is 7.31. The molecule has 2 N–H and O–H groups in total. The normalized spacial score (nSPS) is 25.9. The second-order valence-corrected chi connectivity index (χ2v) is 9.14. The maximum absolute atomic E-state index is 12.9. The molecule has 3 atom stereocenters. The number of phosphoric acid groups is 1. The molecule has 2 aliphatic rings. The Morgan fingerprint density at radius 2 is 2.13 bits per heavy atom. The number of rotatable bonds is 4. The van der Waals surface area contributed by atoms with E-state index in [4.69, 9.17) is 24.0 Å². The van der Waals surface area contributed by atoms with E-state index < -0.39 is 7.82 Å². The zero-order valence-corrected chi connectivity index (χ0v) is 17.5. The van der Waals surface area contributed by atoms with Crippen molar-refractivity contribution < 1.29 is 22.9 Å². The van der Waals surface area contributed by atoms with Gasteiger partial charge in [-0.15, -0.1) is 0 Å². The van der Waals surface area contributed by atoms with Gasteiger partial charge in [-0.2, -0.15) is 0 Å². The summed E-state index contributed by atoms with van der Waals surface area (Å²) in [6.45, 7) is 4.19. The van der Waals surface area contributed by atoms with E-state index in [1.807, 2.05) is 30.5 Å². The lowest BCUT2D eigenvalue weighted by atomic mass is 10.1. The Bertz CT molecular complexity index is 1170. The number of benzene rings is 1. The second-order valence-electron chi connectivity index (χ2n) is 7.55. The first kappa shape index (κ1) is 19.4. The van der Waals surface area contributed by atoms with Crippen molar-refractivity contribution in [3.05, 3.63) is 41.5 Å². The molecule has 0 aliphatic carbocycles. The summed E-state index contributed by atoms with van der Waals surface area (Å²) in [4.78, 5) is 12.5. The van der Waals surface area contributed by atoms with Crippen LogP contribution in [0.4, 0.5) is 5.82 Å². The average Bonchev–Trinajstić information content (AvgIpc) is 3.35. The summed E-state index contributed by atoms with van der Waals surface area (Å²) in [5, 5.41) is 0. The molecule has 2 aromatic heterocycles. The first-order chi connectivity index (χ1) is 14.4. The molecular weight excluding hydrogens is 409 g/mol. The fourth-order valence-electron chi connectivity index (χ4n) is 3.90. The fourth-order valence-corrected chi connectivity index (χ4v) is 5.21. The van der Waals surface area contributed by atoms with Crippen LogP contribution in [0.15, 0.2) is 24.8 Å². The topological polar surface area (TPSA) is 124 Å². The van der Waals surface area contributed by atoms with Gasteiger partial charge in [0.05, 0.1) is 25.6 Å². The van der Waals surface area contributed by atoms with Gasteiger partial charge in [0.1, 0.15) is 23.8 Å². The summed E-state index contributed by atoms with van der Waals surface area (Å²) in [5.41, 5.74) is 9.87. The molecule has 10 nitrogen and oxygen atoms in total. The van der Waals surface area contributed by atoms with E-state index in [0.717, 1.165) is 29.5 Å². The number of hydrogen-bond donors (Lipinski definition) is 1. The van der Waals surface area contributed by atoms with Crippen molar-refractivity contribution in [3.63, 3.8) is 0 Å². The number of fused-ring (bicyclic) bond motifs is 2. The van der Waals surface area contributed by atoms with Gasteiger partial charge in [-0.1, -0.05) is 17.7 Å². The van der Waals surface area contributed by atoms with Gasteiger partial charge in [0.15, 0.2) is 11.5 Å². The molecule has 1 fully saturated rings. The molecule has 0 saturated carbocycles. The molecule has 3 aromatic rings. The van der Waals surface area contributed by atoms with E-state index >= 15 is 0 Å². The third kappa shape index (κ3) is 3.45. The lowest BCUT2D eigenvalue weighted by Gasteiger charge is -2.27. The maximum atomic E-state index is 12.9. The standard InChI is InChI=1S/C19H22N5O5P/c1-11-5-12(2)17-13(6-11)7-26-30(25,29-17)27-8-14-3-4-15(28-14)24-10-23-16-18(20)21-9-22-19(16)24/h5-6,9-10,14-15H,3-4,7-8H2,1-2H3,(H2,20,21,22)/t14-,15+,30?/m0/s1. The zero-order chi connectivity index (χ0) is 20.9. The lowest BCUT2D eigenvalue weighted by molar-refractivity contribution is -0.0227. The van der Waals surface area contributed by atoms with Gasteiger partial charge in [0, 0.05) is 5.56 Å². The molecule has 0 radical (unpaired) electrons. The highest BCUT2D eigenvalue weighted by Gasteiger charge is 2.37. The minimum atomic E-state index is -3.70. The molecule has 0 spiro atoms. The number of aryl methyl sites for hydroxylation is 2. The van der Waals surface area contributed by atoms with Crippen LogP contribution in [-0.4, -0.2) is 32.2 Å². The molecule has 30 heavy (non-hydrogen) atoms. The Balaban J connectivity index is 1.24. The van der Waals surface area contributed by atoms with Crippen LogP contribution in [-0.2, 0) is 25.0 Å². The van der Waals surface area contributed by atoms with Crippen LogP contribution in [0.25, 0.3) is 11.2 Å². The summed E-state index contributed by atoms with van der Waals surface area (Å²) in [7, 11) is -3.70. The quantitative estimate of drug-likeness (QED) is 0.619. The summed E-state index contributed by atoms with van der Waals surface area (Å²) >= 11 is 0. The molecule has 4 heterocycles. The largest absolute Gasteiger partial charge is 0.530 e. The number of ether oxygens (including phenoxy) is 1. The lowest BCUT2D eigenvalue weighted by Crippen LogP contribution is -2.19. The van der Waals surface area contributed by atoms with Crippen molar-refractivity contribution in [2.75, 3.05) is 12.3 Å². The number of aromatic nitrogens is 4. The highest BCUT2D eigenvalue weighted by atomic mass is 31.2. The molecule has 1 saturated heterocycles. The zero-order valence-electron chi connectivity index (χ0n) is 16.6. The summed E-state index contributed by atoms with van der Waals surface area (Å²) in [6, 6.07) is 3.94. The van der Waals surface area contributed by atoms with E-state index in [-0.39, 0.29) is 25.5 Å². The molecule has 1 unspecified atom stereocenters. The van der Waals surface area contributed by atoms with Crippen LogP contribution in [0, 0.1) is 13.8 Å². The number of hydrogen-bond acceptors (Lipinski definition) is 9. The monoisotopic (exact) mass is 431 g/mol. The van der Waals surface area contributed by atoms with Gasteiger partial charge in [-0.05, 0) is 32.3 Å². The molecule has 158 valence electrons. The van der Waals surface area contributed by atoms with E-state index in [0.29, 0.717) is 22.7 Å². The van der Waals surface area contributed by atoms with Gasteiger partial charge in [0.2, 0.25) is 0 Å². The molecular formula is C19H22N5O5P. The van der Waals surface area contributed by atoms with Gasteiger partial charge in [-0.25, -0.2) is 19.5 Å². The van der Waals surface area contributed by atoms with E-state index in [1.54, 1.807) is 6.33 Å². The van der Waals surface area contributed by atoms with Crippen LogP contribution in [0.2, 0.25) is 0 Å². The number of nitrogens with two attached hydrogens (primary N) is 1. The Morgan fingerprint density at radius 1 is 1.27 bits per heavy atom. The summed E-state index contributed by atoms with van der Waals surface area (Å²) in [5.74, 6) is 0.898. The molecule has 2 aliphatic heterocycles. The molecule has 11 heteroatoms. The molecule has 0 bridgehead atoms. The molecule has 1 aromatic carbocycles. The Kier molecular flexibility index (Phi) is 4.74. The third-order valence-electron chi connectivity index (χ3n) is 5.28. The van der Waals surface area contributed by atoms with Crippen LogP contribution >= 0.6 is 7.82 Å². The number of anilines is 1.